The summed E-state index contributed by atoms with van der Waals surface area (Å²) in [7, 11) is 0. The van der Waals surface area contributed by atoms with Crippen molar-refractivity contribution in [3.8, 4) is 0 Å². The maximum Gasteiger partial charge on any atom is 0.254 e. The Kier molecular flexibility index (Phi) is 7.02. The van der Waals surface area contributed by atoms with E-state index in [0.29, 0.717) is 24.6 Å². The van der Waals surface area contributed by atoms with Crippen LogP contribution in [0.4, 0.5) is 0 Å². The molecule has 3 aromatic rings. The van der Waals surface area contributed by atoms with Crippen LogP contribution in [0, 0.1) is 5.92 Å². The van der Waals surface area contributed by atoms with Crippen LogP contribution in [0.15, 0.2) is 66.0 Å². The van der Waals surface area contributed by atoms with Gasteiger partial charge >= 0.3 is 0 Å². The van der Waals surface area contributed by atoms with E-state index >= 15 is 0 Å². The highest BCUT2D eigenvalue weighted by molar-refractivity contribution is 7.10. The molecular formula is C29H33N3O2S. The first-order chi connectivity index (χ1) is 17.0. The lowest BCUT2D eigenvalue weighted by atomic mass is 9.81. The number of carbonyl (C=O) groups excluding carboxylic acids is 2. The zero-order chi connectivity index (χ0) is 24.4. The molecule has 0 saturated heterocycles. The van der Waals surface area contributed by atoms with E-state index in [1.54, 1.807) is 11.3 Å². The standard InChI is InChI=1S/C29H33N3O2S/c1-20(2)18-32-27(25-12-7-17-35-25)26(23-10-5-6-11-24(23)29(32)34)28(33)30-14-16-31-15-13-21-8-3-4-9-22(21)19-31/h3-12,17,20,26-27H,13-16,18-19H2,1-2H3,(H,30,33). The number of amides is 2. The topological polar surface area (TPSA) is 52.7 Å². The molecule has 35 heavy (non-hydrogen) atoms. The van der Waals surface area contributed by atoms with Crippen molar-refractivity contribution in [1.82, 2.24) is 15.1 Å². The summed E-state index contributed by atoms with van der Waals surface area (Å²) < 4.78 is 0. The van der Waals surface area contributed by atoms with Gasteiger partial charge in [-0.2, -0.15) is 0 Å². The van der Waals surface area contributed by atoms with Crippen LogP contribution in [-0.4, -0.2) is 47.8 Å². The molecule has 5 nitrogen and oxygen atoms in total. The maximum absolute atomic E-state index is 13.8. The lowest BCUT2D eigenvalue weighted by molar-refractivity contribution is -0.124. The Bertz CT molecular complexity index is 1190. The smallest absolute Gasteiger partial charge is 0.254 e. The number of nitrogens with zero attached hydrogens (tertiary/aromatic N) is 2. The van der Waals surface area contributed by atoms with Crippen molar-refractivity contribution in [3.05, 3.63) is 93.2 Å². The molecule has 1 aromatic heterocycles. The highest BCUT2D eigenvalue weighted by Gasteiger charge is 2.44. The first-order valence-electron chi connectivity index (χ1n) is 12.5. The molecule has 2 atom stereocenters. The van der Waals surface area contributed by atoms with Gasteiger partial charge < -0.3 is 10.2 Å². The van der Waals surface area contributed by atoms with Gasteiger partial charge in [0.15, 0.2) is 0 Å². The molecule has 5 rings (SSSR count). The second-order valence-corrected chi connectivity index (χ2v) is 10.9. The number of hydrogen-bond donors (Lipinski definition) is 1. The molecule has 1 N–H and O–H groups in total. The number of thiophene rings is 1. The summed E-state index contributed by atoms with van der Waals surface area (Å²) in [5.74, 6) is -0.112. The Morgan fingerprint density at radius 2 is 1.83 bits per heavy atom. The molecule has 6 heteroatoms. The summed E-state index contributed by atoms with van der Waals surface area (Å²) in [6.07, 6.45) is 1.05. The number of rotatable bonds is 7. The van der Waals surface area contributed by atoms with E-state index in [-0.39, 0.29) is 17.9 Å². The Balaban J connectivity index is 1.36. The molecule has 182 valence electrons. The zero-order valence-corrected chi connectivity index (χ0v) is 21.3. The monoisotopic (exact) mass is 487 g/mol. The van der Waals surface area contributed by atoms with Gasteiger partial charge in [-0.3, -0.25) is 14.5 Å². The number of fused-ring (bicyclic) bond motifs is 2. The van der Waals surface area contributed by atoms with E-state index in [1.807, 2.05) is 40.6 Å². The molecule has 0 aliphatic carbocycles. The lowest BCUT2D eigenvalue weighted by Gasteiger charge is -2.42. The molecule has 2 amide bonds. The fourth-order valence-corrected chi connectivity index (χ4v) is 6.31. The number of hydrogen-bond acceptors (Lipinski definition) is 4. The van der Waals surface area contributed by atoms with Crippen LogP contribution in [0.1, 0.15) is 57.7 Å². The van der Waals surface area contributed by atoms with Crippen LogP contribution >= 0.6 is 11.3 Å². The molecule has 3 heterocycles. The largest absolute Gasteiger partial charge is 0.354 e. The molecule has 0 spiro atoms. The third kappa shape index (κ3) is 4.91. The van der Waals surface area contributed by atoms with Gasteiger partial charge in [-0.25, -0.2) is 0 Å². The molecule has 0 saturated carbocycles. The van der Waals surface area contributed by atoms with Gasteiger partial charge in [0.2, 0.25) is 5.91 Å². The van der Waals surface area contributed by atoms with Crippen molar-refractivity contribution in [2.24, 2.45) is 5.92 Å². The molecule has 2 unspecified atom stereocenters. The van der Waals surface area contributed by atoms with E-state index in [0.717, 1.165) is 36.5 Å². The Labute approximate surface area is 211 Å². The van der Waals surface area contributed by atoms with Crippen LogP contribution < -0.4 is 5.32 Å². The van der Waals surface area contributed by atoms with E-state index in [2.05, 4.69) is 54.4 Å². The average molecular weight is 488 g/mol. The second-order valence-electron chi connectivity index (χ2n) is 9.96. The summed E-state index contributed by atoms with van der Waals surface area (Å²) in [6.45, 7) is 8.19. The van der Waals surface area contributed by atoms with E-state index in [9.17, 15) is 9.59 Å². The summed E-state index contributed by atoms with van der Waals surface area (Å²) in [5.41, 5.74) is 4.29. The SMILES string of the molecule is CC(C)CN1C(=O)c2ccccc2C(C(=O)NCCN2CCc3ccccc3C2)C1c1cccs1. The fourth-order valence-electron chi connectivity index (χ4n) is 5.44. The lowest BCUT2D eigenvalue weighted by Crippen LogP contribution is -2.49. The molecule has 0 radical (unpaired) electrons. The van der Waals surface area contributed by atoms with Crippen LogP contribution in [0.2, 0.25) is 0 Å². The van der Waals surface area contributed by atoms with Crippen LogP contribution in [0.5, 0.6) is 0 Å². The zero-order valence-electron chi connectivity index (χ0n) is 20.4. The summed E-state index contributed by atoms with van der Waals surface area (Å²) >= 11 is 1.62. The quantitative estimate of drug-likeness (QED) is 0.518. The Morgan fingerprint density at radius 3 is 2.60 bits per heavy atom. The number of benzene rings is 2. The van der Waals surface area contributed by atoms with Crippen LogP contribution in [0.25, 0.3) is 0 Å². The fraction of sp³-hybridized carbons (Fsp3) is 0.379. The first-order valence-corrected chi connectivity index (χ1v) is 13.4. The normalized spacial score (nSPS) is 20.0. The van der Waals surface area contributed by atoms with Crippen molar-refractivity contribution >= 4 is 23.2 Å². The Morgan fingerprint density at radius 1 is 1.06 bits per heavy atom. The van der Waals surface area contributed by atoms with Gasteiger partial charge in [0.25, 0.3) is 5.91 Å². The van der Waals surface area contributed by atoms with Gasteiger partial charge in [0.1, 0.15) is 0 Å². The van der Waals surface area contributed by atoms with Crippen molar-refractivity contribution in [2.45, 2.75) is 38.8 Å². The van der Waals surface area contributed by atoms with Crippen molar-refractivity contribution in [2.75, 3.05) is 26.2 Å². The molecule has 0 bridgehead atoms. The van der Waals surface area contributed by atoms with E-state index in [4.69, 9.17) is 0 Å². The molecular weight excluding hydrogens is 454 g/mol. The van der Waals surface area contributed by atoms with E-state index < -0.39 is 5.92 Å². The van der Waals surface area contributed by atoms with Gasteiger partial charge in [-0.05, 0) is 46.5 Å². The summed E-state index contributed by atoms with van der Waals surface area (Å²) in [4.78, 5) is 32.7. The van der Waals surface area contributed by atoms with Crippen molar-refractivity contribution in [1.29, 1.82) is 0 Å². The third-order valence-corrected chi connectivity index (χ3v) is 8.00. The number of nitrogens with one attached hydrogen (secondary N) is 1. The maximum atomic E-state index is 13.8. The average Bonchev–Trinajstić information content (AvgIpc) is 3.40. The Hall–Kier alpha value is -2.96. The van der Waals surface area contributed by atoms with Gasteiger partial charge in [0.05, 0.1) is 12.0 Å². The molecule has 2 aromatic carbocycles. The minimum atomic E-state index is -0.427. The van der Waals surface area contributed by atoms with Crippen LogP contribution in [-0.2, 0) is 17.8 Å². The summed E-state index contributed by atoms with van der Waals surface area (Å²) in [5, 5.41) is 5.26. The van der Waals surface area contributed by atoms with Crippen molar-refractivity contribution < 1.29 is 9.59 Å². The molecule has 0 fully saturated rings. The molecule has 2 aliphatic heterocycles. The van der Waals surface area contributed by atoms with Crippen molar-refractivity contribution in [3.63, 3.8) is 0 Å². The van der Waals surface area contributed by atoms with Gasteiger partial charge in [-0.15, -0.1) is 11.3 Å². The van der Waals surface area contributed by atoms with Gasteiger partial charge in [0, 0.05) is 43.2 Å². The highest BCUT2D eigenvalue weighted by atomic mass is 32.1. The predicted molar refractivity (Wildman–Crippen MR) is 141 cm³/mol. The summed E-state index contributed by atoms with van der Waals surface area (Å²) in [6, 6.07) is 20.0. The molecule has 2 aliphatic rings. The minimum Gasteiger partial charge on any atom is -0.354 e. The predicted octanol–water partition coefficient (Wildman–Crippen LogP) is 4.86. The van der Waals surface area contributed by atoms with Gasteiger partial charge in [-0.1, -0.05) is 62.4 Å². The minimum absolute atomic E-state index is 0.00508. The van der Waals surface area contributed by atoms with E-state index in [1.165, 1.54) is 11.1 Å². The number of carbonyl (C=O) groups is 2. The second kappa shape index (κ2) is 10.3. The van der Waals surface area contributed by atoms with Crippen LogP contribution in [0.3, 0.4) is 0 Å². The highest BCUT2D eigenvalue weighted by Crippen LogP contribution is 2.44. The third-order valence-electron chi connectivity index (χ3n) is 7.05. The first kappa shape index (κ1) is 23.8.